The molecule has 1 fully saturated rings. The van der Waals surface area contributed by atoms with Crippen LogP contribution in [0.1, 0.15) is 18.0 Å². The van der Waals surface area contributed by atoms with Gasteiger partial charge in [-0.25, -0.2) is 15.8 Å². The third kappa shape index (κ3) is 2.62. The van der Waals surface area contributed by atoms with Crippen molar-refractivity contribution in [2.24, 2.45) is 0 Å². The van der Waals surface area contributed by atoms with E-state index in [-0.39, 0.29) is 6.04 Å². The number of aromatic nitrogens is 2. The van der Waals surface area contributed by atoms with Crippen molar-refractivity contribution in [1.82, 2.24) is 20.8 Å². The van der Waals surface area contributed by atoms with Gasteiger partial charge in [-0.15, -0.1) is 0 Å². The highest BCUT2D eigenvalue weighted by Gasteiger charge is 2.31. The van der Waals surface area contributed by atoms with Crippen molar-refractivity contribution >= 4 is 16.9 Å². The summed E-state index contributed by atoms with van der Waals surface area (Å²) in [5, 5.41) is 10.2. The van der Waals surface area contributed by atoms with Gasteiger partial charge in [-0.3, -0.25) is 9.78 Å². The van der Waals surface area contributed by atoms with Gasteiger partial charge in [0, 0.05) is 17.6 Å². The van der Waals surface area contributed by atoms with Crippen LogP contribution in [0.15, 0.2) is 54.7 Å². The van der Waals surface area contributed by atoms with Crippen LogP contribution in [0.4, 0.5) is 0 Å². The average Bonchev–Trinajstić information content (AvgIpc) is 3.12. The molecule has 0 saturated carbocycles. The molecule has 120 valence electrons. The molecule has 0 aliphatic carbocycles. The molecule has 1 saturated heterocycles. The van der Waals surface area contributed by atoms with Crippen LogP contribution in [0.5, 0.6) is 0 Å². The Kier molecular flexibility index (Phi) is 3.68. The second kappa shape index (κ2) is 5.99. The van der Waals surface area contributed by atoms with Gasteiger partial charge in [0.1, 0.15) is 6.04 Å². The van der Waals surface area contributed by atoms with Gasteiger partial charge in [-0.1, -0.05) is 24.3 Å². The molecule has 2 aromatic heterocycles. The molecule has 2 unspecified atom stereocenters. The van der Waals surface area contributed by atoms with Crippen molar-refractivity contribution < 1.29 is 9.90 Å². The molecule has 1 aromatic carbocycles. The minimum absolute atomic E-state index is 0.0959. The number of carbonyl (C=O) groups is 1. The standard InChI is InChI=1S/C18H16N4O2/c23-18(24)17-10-15(21-22-17)12-9-16(14-7-3-4-8-19-14)20-13-6-2-1-5-11(12)13/h1-9,15,17,21-22H,10H2,(H,23,24). The van der Waals surface area contributed by atoms with Gasteiger partial charge in [0.15, 0.2) is 0 Å². The average molecular weight is 320 g/mol. The fourth-order valence-electron chi connectivity index (χ4n) is 3.06. The maximum absolute atomic E-state index is 11.2. The lowest BCUT2D eigenvalue weighted by atomic mass is 9.97. The first-order chi connectivity index (χ1) is 11.7. The molecule has 4 rings (SSSR count). The number of rotatable bonds is 3. The fourth-order valence-corrected chi connectivity index (χ4v) is 3.06. The quantitative estimate of drug-likeness (QED) is 0.686. The number of hydrogen-bond acceptors (Lipinski definition) is 5. The smallest absolute Gasteiger partial charge is 0.322 e. The van der Waals surface area contributed by atoms with Crippen molar-refractivity contribution in [2.75, 3.05) is 0 Å². The molecule has 6 heteroatoms. The van der Waals surface area contributed by atoms with Gasteiger partial charge < -0.3 is 5.11 Å². The molecule has 0 spiro atoms. The number of aliphatic carboxylic acids is 1. The molecule has 3 heterocycles. The van der Waals surface area contributed by atoms with E-state index in [1.165, 1.54) is 0 Å². The maximum Gasteiger partial charge on any atom is 0.322 e. The van der Waals surface area contributed by atoms with Crippen LogP contribution >= 0.6 is 0 Å². The molecule has 1 aliphatic rings. The van der Waals surface area contributed by atoms with E-state index in [0.29, 0.717) is 6.42 Å². The van der Waals surface area contributed by atoms with Crippen molar-refractivity contribution in [3.8, 4) is 11.4 Å². The lowest BCUT2D eigenvalue weighted by Crippen LogP contribution is -2.36. The Morgan fingerprint density at radius 1 is 1.08 bits per heavy atom. The molecular weight excluding hydrogens is 304 g/mol. The number of benzene rings is 1. The topological polar surface area (TPSA) is 87.1 Å². The highest BCUT2D eigenvalue weighted by atomic mass is 16.4. The number of nitrogens with zero attached hydrogens (tertiary/aromatic N) is 2. The first kappa shape index (κ1) is 14.7. The number of carboxylic acids is 1. The number of fused-ring (bicyclic) bond motifs is 1. The van der Waals surface area contributed by atoms with Crippen LogP contribution in [0, 0.1) is 0 Å². The first-order valence-electron chi connectivity index (χ1n) is 7.77. The SMILES string of the molecule is O=C(O)C1CC(c2cc(-c3ccccn3)nc3ccccc23)NN1. The van der Waals surface area contributed by atoms with E-state index >= 15 is 0 Å². The third-order valence-corrected chi connectivity index (χ3v) is 4.25. The van der Waals surface area contributed by atoms with E-state index in [2.05, 4.69) is 15.8 Å². The van der Waals surface area contributed by atoms with E-state index in [9.17, 15) is 9.90 Å². The zero-order chi connectivity index (χ0) is 16.5. The van der Waals surface area contributed by atoms with Crippen molar-refractivity contribution in [3.63, 3.8) is 0 Å². The van der Waals surface area contributed by atoms with Crippen LogP contribution in [0.2, 0.25) is 0 Å². The lowest BCUT2D eigenvalue weighted by Gasteiger charge is -2.14. The normalized spacial score (nSPS) is 20.3. The second-order valence-electron chi connectivity index (χ2n) is 5.80. The van der Waals surface area contributed by atoms with Gasteiger partial charge in [-0.2, -0.15) is 0 Å². The Bertz CT molecular complexity index is 898. The Morgan fingerprint density at radius 3 is 2.67 bits per heavy atom. The summed E-state index contributed by atoms with van der Waals surface area (Å²) in [4.78, 5) is 20.3. The molecule has 24 heavy (non-hydrogen) atoms. The predicted octanol–water partition coefficient (Wildman–Crippen LogP) is 2.29. The summed E-state index contributed by atoms with van der Waals surface area (Å²) in [6.45, 7) is 0. The summed E-state index contributed by atoms with van der Waals surface area (Å²) >= 11 is 0. The Morgan fingerprint density at radius 2 is 1.92 bits per heavy atom. The number of hydrazine groups is 1. The zero-order valence-corrected chi connectivity index (χ0v) is 12.8. The highest BCUT2D eigenvalue weighted by Crippen LogP contribution is 2.31. The molecule has 2 atom stereocenters. The van der Waals surface area contributed by atoms with Gasteiger partial charge in [0.2, 0.25) is 0 Å². The third-order valence-electron chi connectivity index (χ3n) is 4.25. The predicted molar refractivity (Wildman–Crippen MR) is 90.0 cm³/mol. The molecule has 3 N–H and O–H groups in total. The minimum Gasteiger partial charge on any atom is -0.480 e. The summed E-state index contributed by atoms with van der Waals surface area (Å²) in [6, 6.07) is 14.9. The van der Waals surface area contributed by atoms with Crippen LogP contribution in [-0.2, 0) is 4.79 Å². The highest BCUT2D eigenvalue weighted by molar-refractivity contribution is 5.85. The monoisotopic (exact) mass is 320 g/mol. The summed E-state index contributed by atoms with van der Waals surface area (Å²) in [7, 11) is 0. The summed E-state index contributed by atoms with van der Waals surface area (Å²) in [5.74, 6) is -0.853. The number of nitrogens with one attached hydrogen (secondary N) is 2. The van der Waals surface area contributed by atoms with E-state index in [0.717, 1.165) is 27.9 Å². The molecule has 0 bridgehead atoms. The Labute approximate surface area is 138 Å². The Hall–Kier alpha value is -2.83. The van der Waals surface area contributed by atoms with E-state index in [1.54, 1.807) is 6.20 Å². The second-order valence-corrected chi connectivity index (χ2v) is 5.80. The zero-order valence-electron chi connectivity index (χ0n) is 12.8. The molecule has 6 nitrogen and oxygen atoms in total. The number of para-hydroxylation sites is 1. The van der Waals surface area contributed by atoms with Gasteiger partial charge >= 0.3 is 5.97 Å². The molecule has 0 radical (unpaired) electrons. The van der Waals surface area contributed by atoms with Gasteiger partial charge in [0.05, 0.1) is 16.9 Å². The largest absolute Gasteiger partial charge is 0.480 e. The van der Waals surface area contributed by atoms with Crippen molar-refractivity contribution in [3.05, 3.63) is 60.3 Å². The first-order valence-corrected chi connectivity index (χ1v) is 7.77. The fraction of sp³-hybridized carbons (Fsp3) is 0.167. The minimum atomic E-state index is -0.853. The van der Waals surface area contributed by atoms with E-state index < -0.39 is 12.0 Å². The number of hydrogen-bond donors (Lipinski definition) is 3. The van der Waals surface area contributed by atoms with Gasteiger partial charge in [-0.05, 0) is 36.2 Å². The van der Waals surface area contributed by atoms with Crippen molar-refractivity contribution in [2.45, 2.75) is 18.5 Å². The molecule has 0 amide bonds. The number of carboxylic acid groups (broad SMARTS) is 1. The Balaban J connectivity index is 1.83. The van der Waals surface area contributed by atoms with Crippen LogP contribution < -0.4 is 10.9 Å². The number of pyridine rings is 2. The van der Waals surface area contributed by atoms with Crippen LogP contribution in [-0.4, -0.2) is 27.1 Å². The lowest BCUT2D eigenvalue weighted by molar-refractivity contribution is -0.139. The van der Waals surface area contributed by atoms with Crippen LogP contribution in [0.25, 0.3) is 22.3 Å². The summed E-state index contributed by atoms with van der Waals surface area (Å²) < 4.78 is 0. The summed E-state index contributed by atoms with van der Waals surface area (Å²) in [5.41, 5.74) is 9.41. The van der Waals surface area contributed by atoms with Crippen molar-refractivity contribution in [1.29, 1.82) is 0 Å². The van der Waals surface area contributed by atoms with Crippen LogP contribution in [0.3, 0.4) is 0 Å². The van der Waals surface area contributed by atoms with Gasteiger partial charge in [0.25, 0.3) is 0 Å². The van der Waals surface area contributed by atoms with E-state index in [4.69, 9.17) is 4.98 Å². The summed E-state index contributed by atoms with van der Waals surface area (Å²) in [6.07, 6.45) is 2.21. The molecular formula is C18H16N4O2. The maximum atomic E-state index is 11.2. The molecule has 3 aromatic rings. The molecule has 1 aliphatic heterocycles. The van der Waals surface area contributed by atoms with E-state index in [1.807, 2.05) is 48.5 Å².